The molecule has 0 spiro atoms. The average Bonchev–Trinajstić information content (AvgIpc) is 2.40. The van der Waals surface area contributed by atoms with Crippen molar-refractivity contribution in [3.8, 4) is 0 Å². The van der Waals surface area contributed by atoms with E-state index in [1.807, 2.05) is 11.8 Å². The number of hydrogen-bond donors (Lipinski definition) is 1. The van der Waals surface area contributed by atoms with Crippen molar-refractivity contribution < 1.29 is 0 Å². The van der Waals surface area contributed by atoms with Gasteiger partial charge in [0.25, 0.3) is 0 Å². The maximum absolute atomic E-state index is 3.56. The molecule has 20 heavy (non-hydrogen) atoms. The molecule has 1 aromatic carbocycles. The van der Waals surface area contributed by atoms with Gasteiger partial charge in [0.15, 0.2) is 0 Å². The summed E-state index contributed by atoms with van der Waals surface area (Å²) >= 11 is 5.47. The lowest BCUT2D eigenvalue weighted by molar-refractivity contribution is 0.188. The molecule has 3 heteroatoms. The average molecular weight is 356 g/mol. The molecule has 3 unspecified atom stereocenters. The van der Waals surface area contributed by atoms with Gasteiger partial charge in [-0.15, -0.1) is 11.8 Å². The van der Waals surface area contributed by atoms with Crippen molar-refractivity contribution in [3.05, 3.63) is 28.7 Å². The van der Waals surface area contributed by atoms with Crippen LogP contribution in [0, 0.1) is 17.8 Å². The lowest BCUT2D eigenvalue weighted by Crippen LogP contribution is -2.39. The van der Waals surface area contributed by atoms with Crippen molar-refractivity contribution in [2.45, 2.75) is 44.0 Å². The van der Waals surface area contributed by atoms with Crippen LogP contribution in [0.15, 0.2) is 33.6 Å². The first-order chi connectivity index (χ1) is 9.58. The molecule has 0 heterocycles. The largest absolute Gasteiger partial charge is 0.316 e. The molecule has 1 saturated carbocycles. The van der Waals surface area contributed by atoms with Crippen molar-refractivity contribution in [1.82, 2.24) is 5.32 Å². The first-order valence-electron chi connectivity index (χ1n) is 7.64. The second-order valence-electron chi connectivity index (χ2n) is 6.34. The number of nitrogens with one attached hydrogen (secondary N) is 1. The molecule has 1 fully saturated rings. The van der Waals surface area contributed by atoms with E-state index in [-0.39, 0.29) is 0 Å². The van der Waals surface area contributed by atoms with Gasteiger partial charge in [0.1, 0.15) is 0 Å². The van der Waals surface area contributed by atoms with E-state index in [2.05, 4.69) is 66.4 Å². The molecule has 0 saturated heterocycles. The molecule has 0 aliphatic heterocycles. The Morgan fingerprint density at radius 1 is 1.15 bits per heavy atom. The standard InChI is InChI=1S/C17H26BrNS/c1-12-8-13(2)10-14(9-12)17(19-3)11-20-16-6-4-15(18)5-7-16/h4-7,12-14,17,19H,8-11H2,1-3H3. The molecule has 1 aliphatic rings. The molecule has 1 aliphatic carbocycles. The van der Waals surface area contributed by atoms with E-state index in [0.717, 1.165) is 22.2 Å². The fourth-order valence-electron chi connectivity index (χ4n) is 3.51. The van der Waals surface area contributed by atoms with Crippen LogP contribution < -0.4 is 5.32 Å². The number of benzene rings is 1. The summed E-state index contributed by atoms with van der Waals surface area (Å²) in [4.78, 5) is 1.37. The maximum atomic E-state index is 3.56. The molecule has 0 radical (unpaired) electrons. The summed E-state index contributed by atoms with van der Waals surface area (Å²) in [7, 11) is 2.12. The zero-order chi connectivity index (χ0) is 14.5. The van der Waals surface area contributed by atoms with Crippen LogP contribution in [-0.2, 0) is 0 Å². The molecule has 0 bridgehead atoms. The van der Waals surface area contributed by atoms with Crippen LogP contribution in [-0.4, -0.2) is 18.8 Å². The third-order valence-corrected chi connectivity index (χ3v) is 6.06. The van der Waals surface area contributed by atoms with E-state index >= 15 is 0 Å². The summed E-state index contributed by atoms with van der Waals surface area (Å²) in [5.41, 5.74) is 0. The first-order valence-corrected chi connectivity index (χ1v) is 9.42. The highest BCUT2D eigenvalue weighted by molar-refractivity contribution is 9.10. The van der Waals surface area contributed by atoms with Gasteiger partial charge in [0, 0.05) is 21.2 Å². The van der Waals surface area contributed by atoms with Crippen molar-refractivity contribution in [3.63, 3.8) is 0 Å². The van der Waals surface area contributed by atoms with E-state index in [1.165, 1.54) is 29.9 Å². The summed E-state index contributed by atoms with van der Waals surface area (Å²) in [6.07, 6.45) is 4.18. The van der Waals surface area contributed by atoms with Crippen molar-refractivity contribution >= 4 is 27.7 Å². The molecule has 2 rings (SSSR count). The van der Waals surface area contributed by atoms with E-state index < -0.39 is 0 Å². The van der Waals surface area contributed by atoms with Crippen LogP contribution in [0.2, 0.25) is 0 Å². The van der Waals surface area contributed by atoms with Gasteiger partial charge in [-0.25, -0.2) is 0 Å². The Hall–Kier alpha value is 0.01000. The summed E-state index contributed by atoms with van der Waals surface area (Å²) in [6.45, 7) is 4.83. The van der Waals surface area contributed by atoms with Crippen LogP contribution in [0.3, 0.4) is 0 Å². The predicted molar refractivity (Wildman–Crippen MR) is 93.4 cm³/mol. The third-order valence-electron chi connectivity index (χ3n) is 4.40. The second kappa shape index (κ2) is 7.86. The zero-order valence-electron chi connectivity index (χ0n) is 12.7. The molecule has 0 aromatic heterocycles. The van der Waals surface area contributed by atoms with E-state index in [9.17, 15) is 0 Å². The van der Waals surface area contributed by atoms with Gasteiger partial charge in [-0.1, -0.05) is 29.8 Å². The number of rotatable bonds is 5. The Morgan fingerprint density at radius 2 is 1.75 bits per heavy atom. The molecular formula is C17H26BrNS. The van der Waals surface area contributed by atoms with E-state index in [1.54, 1.807) is 0 Å². The molecule has 1 nitrogen and oxygen atoms in total. The van der Waals surface area contributed by atoms with Gasteiger partial charge in [-0.3, -0.25) is 0 Å². The Labute approximate surface area is 136 Å². The third kappa shape index (κ3) is 4.78. The van der Waals surface area contributed by atoms with Crippen molar-refractivity contribution in [1.29, 1.82) is 0 Å². The fourth-order valence-corrected chi connectivity index (χ4v) is 4.91. The SMILES string of the molecule is CNC(CSc1ccc(Br)cc1)C1CC(C)CC(C)C1. The molecule has 0 amide bonds. The minimum absolute atomic E-state index is 0.633. The highest BCUT2D eigenvalue weighted by atomic mass is 79.9. The van der Waals surface area contributed by atoms with Crippen molar-refractivity contribution in [2.75, 3.05) is 12.8 Å². The lowest BCUT2D eigenvalue weighted by Gasteiger charge is -2.36. The van der Waals surface area contributed by atoms with Gasteiger partial charge in [-0.2, -0.15) is 0 Å². The van der Waals surface area contributed by atoms with Crippen LogP contribution in [0.5, 0.6) is 0 Å². The lowest BCUT2D eigenvalue weighted by atomic mass is 9.74. The highest BCUT2D eigenvalue weighted by Crippen LogP contribution is 2.36. The smallest absolute Gasteiger partial charge is 0.0187 e. The molecule has 112 valence electrons. The van der Waals surface area contributed by atoms with Crippen LogP contribution >= 0.6 is 27.7 Å². The number of hydrogen-bond acceptors (Lipinski definition) is 2. The number of thioether (sulfide) groups is 1. The highest BCUT2D eigenvalue weighted by Gasteiger charge is 2.29. The Morgan fingerprint density at radius 3 is 2.30 bits per heavy atom. The summed E-state index contributed by atoms with van der Waals surface area (Å²) in [6, 6.07) is 9.29. The monoisotopic (exact) mass is 355 g/mol. The molecule has 3 atom stereocenters. The minimum atomic E-state index is 0.633. The molecule has 1 N–H and O–H groups in total. The maximum Gasteiger partial charge on any atom is 0.0187 e. The zero-order valence-corrected chi connectivity index (χ0v) is 15.1. The van der Waals surface area contributed by atoms with E-state index in [0.29, 0.717) is 6.04 Å². The Bertz CT molecular complexity index is 396. The van der Waals surface area contributed by atoms with Gasteiger partial charge in [-0.05, 0) is 68.3 Å². The number of halogens is 1. The van der Waals surface area contributed by atoms with Crippen LogP contribution in [0.25, 0.3) is 0 Å². The predicted octanol–water partition coefficient (Wildman–Crippen LogP) is 5.20. The van der Waals surface area contributed by atoms with Crippen LogP contribution in [0.4, 0.5) is 0 Å². The quantitative estimate of drug-likeness (QED) is 0.728. The minimum Gasteiger partial charge on any atom is -0.316 e. The normalized spacial score (nSPS) is 28.3. The van der Waals surface area contributed by atoms with Gasteiger partial charge >= 0.3 is 0 Å². The Kier molecular flexibility index (Phi) is 6.44. The summed E-state index contributed by atoms with van der Waals surface area (Å²) in [5.74, 6) is 3.78. The van der Waals surface area contributed by atoms with Gasteiger partial charge in [0.2, 0.25) is 0 Å². The van der Waals surface area contributed by atoms with Crippen LogP contribution in [0.1, 0.15) is 33.1 Å². The fraction of sp³-hybridized carbons (Fsp3) is 0.647. The van der Waals surface area contributed by atoms with E-state index in [4.69, 9.17) is 0 Å². The second-order valence-corrected chi connectivity index (χ2v) is 8.35. The molecular weight excluding hydrogens is 330 g/mol. The van der Waals surface area contributed by atoms with Gasteiger partial charge < -0.3 is 5.32 Å². The summed E-state index contributed by atoms with van der Waals surface area (Å²) in [5, 5.41) is 3.56. The van der Waals surface area contributed by atoms with Crippen molar-refractivity contribution in [2.24, 2.45) is 17.8 Å². The Balaban J connectivity index is 1.89. The van der Waals surface area contributed by atoms with Gasteiger partial charge in [0.05, 0.1) is 0 Å². The summed E-state index contributed by atoms with van der Waals surface area (Å²) < 4.78 is 1.15. The first kappa shape index (κ1) is 16.4. The topological polar surface area (TPSA) is 12.0 Å². The molecule has 1 aromatic rings.